The van der Waals surface area contributed by atoms with Crippen LogP contribution < -0.4 is 5.73 Å². The average molecular weight is 307 g/mol. The van der Waals surface area contributed by atoms with Gasteiger partial charge in [0.1, 0.15) is 0 Å². The molecule has 0 saturated heterocycles. The van der Waals surface area contributed by atoms with Gasteiger partial charge in [-0.3, -0.25) is 0 Å². The Morgan fingerprint density at radius 3 is 2.36 bits per heavy atom. The smallest absolute Gasteiger partial charge is 0.0766 e. The molecule has 3 rings (SSSR count). The van der Waals surface area contributed by atoms with Crippen molar-refractivity contribution in [3.8, 4) is 5.69 Å². The zero-order chi connectivity index (χ0) is 15.5. The Balaban J connectivity index is 1.81. The zero-order valence-corrected chi connectivity index (χ0v) is 13.7. The lowest BCUT2D eigenvalue weighted by Gasteiger charge is -2.13. The molecule has 1 heterocycles. The highest BCUT2D eigenvalue weighted by Gasteiger charge is 2.08. The fourth-order valence-electron chi connectivity index (χ4n) is 2.53. The first-order valence-electron chi connectivity index (χ1n) is 7.28. The molecule has 0 atom stereocenters. The van der Waals surface area contributed by atoms with Gasteiger partial charge in [0.2, 0.25) is 0 Å². The summed E-state index contributed by atoms with van der Waals surface area (Å²) >= 11 is 1.78. The van der Waals surface area contributed by atoms with Crippen molar-refractivity contribution in [3.05, 3.63) is 77.6 Å². The summed E-state index contributed by atoms with van der Waals surface area (Å²) in [6.45, 7) is 4.16. The maximum Gasteiger partial charge on any atom is 0.0766 e. The molecule has 0 unspecified atom stereocenters. The van der Waals surface area contributed by atoms with Gasteiger partial charge < -0.3 is 10.3 Å². The van der Waals surface area contributed by atoms with Gasteiger partial charge in [-0.2, -0.15) is 0 Å². The van der Waals surface area contributed by atoms with E-state index >= 15 is 0 Å². The Morgan fingerprint density at radius 2 is 1.73 bits per heavy atom. The molecule has 3 aromatic rings. The lowest BCUT2D eigenvalue weighted by molar-refractivity contribution is 0.964. The predicted octanol–water partition coefficient (Wildman–Crippen LogP) is 4.77. The predicted molar refractivity (Wildman–Crippen MR) is 94.5 cm³/mol. The highest BCUT2D eigenvalue weighted by molar-refractivity contribution is 7.98. The highest BCUT2D eigenvalue weighted by atomic mass is 32.2. The van der Waals surface area contributed by atoms with E-state index in [1.165, 1.54) is 17.0 Å². The maximum absolute atomic E-state index is 6.25. The normalized spacial score (nSPS) is 10.8. The summed E-state index contributed by atoms with van der Waals surface area (Å²) in [4.78, 5) is 1.15. The average Bonchev–Trinajstić information content (AvgIpc) is 2.86. The Labute approximate surface area is 136 Å². The minimum absolute atomic E-state index is 0.764. The van der Waals surface area contributed by atoms with Gasteiger partial charge in [-0.05, 0) is 43.7 Å². The molecule has 2 aromatic carbocycles. The van der Waals surface area contributed by atoms with Crippen LogP contribution in [-0.4, -0.2) is 4.57 Å². The van der Waals surface area contributed by atoms with Gasteiger partial charge >= 0.3 is 0 Å². The van der Waals surface area contributed by atoms with Crippen LogP contribution in [0.2, 0.25) is 0 Å². The van der Waals surface area contributed by atoms with Crippen molar-refractivity contribution >= 4 is 17.4 Å². The van der Waals surface area contributed by atoms with Crippen molar-refractivity contribution in [1.82, 2.24) is 4.57 Å². The molecule has 22 heavy (non-hydrogen) atoms. The Kier molecular flexibility index (Phi) is 4.25. The number of aromatic nitrogens is 1. The SMILES string of the molecule is Cc1ccc(C)n1-c1[c]cc(SCc2ccccc2)cc1N. The van der Waals surface area contributed by atoms with E-state index in [4.69, 9.17) is 5.73 Å². The van der Waals surface area contributed by atoms with Crippen molar-refractivity contribution < 1.29 is 0 Å². The number of benzene rings is 2. The second kappa shape index (κ2) is 6.32. The molecule has 0 amide bonds. The summed E-state index contributed by atoms with van der Waals surface area (Å²) in [5, 5.41) is 0. The first-order chi connectivity index (χ1) is 10.6. The quantitative estimate of drug-likeness (QED) is 0.556. The number of thioether (sulfide) groups is 1. The zero-order valence-electron chi connectivity index (χ0n) is 12.8. The minimum atomic E-state index is 0.764. The number of nitrogen functional groups attached to an aromatic ring is 1. The van der Waals surface area contributed by atoms with Gasteiger partial charge in [0.25, 0.3) is 0 Å². The first-order valence-corrected chi connectivity index (χ1v) is 8.27. The summed E-state index contributed by atoms with van der Waals surface area (Å²) in [6, 6.07) is 22.1. The van der Waals surface area contributed by atoms with Gasteiger partial charge in [0, 0.05) is 28.1 Å². The number of hydrogen-bond acceptors (Lipinski definition) is 2. The van der Waals surface area contributed by atoms with Crippen LogP contribution in [0.5, 0.6) is 0 Å². The molecule has 2 N–H and O–H groups in total. The number of hydrogen-bond donors (Lipinski definition) is 1. The van der Waals surface area contributed by atoms with Crippen LogP contribution in [0, 0.1) is 19.9 Å². The molecule has 1 aromatic heterocycles. The fourth-order valence-corrected chi connectivity index (χ4v) is 3.40. The Morgan fingerprint density at radius 1 is 1.05 bits per heavy atom. The lowest BCUT2D eigenvalue weighted by Crippen LogP contribution is -2.03. The second-order valence-electron chi connectivity index (χ2n) is 5.37. The van der Waals surface area contributed by atoms with Crippen molar-refractivity contribution in [2.45, 2.75) is 24.5 Å². The molecule has 111 valence electrons. The van der Waals surface area contributed by atoms with Gasteiger partial charge in [-0.15, -0.1) is 11.8 Å². The number of anilines is 1. The summed E-state index contributed by atoms with van der Waals surface area (Å²) < 4.78 is 2.14. The minimum Gasteiger partial charge on any atom is -0.397 e. The van der Waals surface area contributed by atoms with E-state index in [0.29, 0.717) is 0 Å². The monoisotopic (exact) mass is 307 g/mol. The third-order valence-electron chi connectivity index (χ3n) is 3.67. The molecule has 2 nitrogen and oxygen atoms in total. The van der Waals surface area contributed by atoms with E-state index in [0.717, 1.165) is 22.0 Å². The van der Waals surface area contributed by atoms with Gasteiger partial charge in [-0.25, -0.2) is 0 Å². The highest BCUT2D eigenvalue weighted by Crippen LogP contribution is 2.29. The molecule has 0 aliphatic rings. The third-order valence-corrected chi connectivity index (χ3v) is 4.71. The van der Waals surface area contributed by atoms with E-state index in [9.17, 15) is 0 Å². The first kappa shape index (κ1) is 14.8. The second-order valence-corrected chi connectivity index (χ2v) is 6.41. The number of nitrogens with two attached hydrogens (primary N) is 1. The van der Waals surface area contributed by atoms with E-state index in [1.807, 2.05) is 18.2 Å². The summed E-state index contributed by atoms with van der Waals surface area (Å²) in [6.07, 6.45) is 0. The number of aryl methyl sites for hydroxylation is 2. The molecular weight excluding hydrogens is 288 g/mol. The summed E-state index contributed by atoms with van der Waals surface area (Å²) in [7, 11) is 0. The Bertz CT molecular complexity index is 756. The molecule has 0 aliphatic carbocycles. The third kappa shape index (κ3) is 3.04. The summed E-state index contributed by atoms with van der Waals surface area (Å²) in [5.41, 5.74) is 11.6. The summed E-state index contributed by atoms with van der Waals surface area (Å²) in [5.74, 6) is 0.940. The van der Waals surface area contributed by atoms with E-state index in [1.54, 1.807) is 11.8 Å². The van der Waals surface area contributed by atoms with Crippen molar-refractivity contribution in [2.24, 2.45) is 0 Å². The van der Waals surface area contributed by atoms with Gasteiger partial charge in [0.15, 0.2) is 0 Å². The van der Waals surface area contributed by atoms with Crippen LogP contribution in [0.15, 0.2) is 59.5 Å². The maximum atomic E-state index is 6.25. The van der Waals surface area contributed by atoms with Crippen LogP contribution >= 0.6 is 11.8 Å². The molecule has 0 fully saturated rings. The van der Waals surface area contributed by atoms with Crippen LogP contribution in [-0.2, 0) is 5.75 Å². The molecular formula is C19H19N2S. The van der Waals surface area contributed by atoms with E-state index in [2.05, 4.69) is 60.9 Å². The number of rotatable bonds is 4. The van der Waals surface area contributed by atoms with Gasteiger partial charge in [-0.1, -0.05) is 30.3 Å². The Hall–Kier alpha value is -2.13. The molecule has 0 saturated carbocycles. The van der Waals surface area contributed by atoms with E-state index < -0.39 is 0 Å². The largest absolute Gasteiger partial charge is 0.397 e. The number of nitrogens with zero attached hydrogens (tertiary/aromatic N) is 1. The van der Waals surface area contributed by atoms with Crippen LogP contribution in [0.3, 0.4) is 0 Å². The van der Waals surface area contributed by atoms with Crippen LogP contribution in [0.4, 0.5) is 5.69 Å². The van der Waals surface area contributed by atoms with Crippen molar-refractivity contribution in [2.75, 3.05) is 5.73 Å². The van der Waals surface area contributed by atoms with Crippen LogP contribution in [0.25, 0.3) is 5.69 Å². The molecule has 3 heteroatoms. The van der Waals surface area contributed by atoms with Crippen LogP contribution in [0.1, 0.15) is 17.0 Å². The van der Waals surface area contributed by atoms with Crippen molar-refractivity contribution in [3.63, 3.8) is 0 Å². The van der Waals surface area contributed by atoms with E-state index in [-0.39, 0.29) is 0 Å². The molecule has 0 spiro atoms. The standard InChI is InChI=1S/C19H19N2S/c1-14-8-9-15(2)21(14)19-11-10-17(12-18(19)20)22-13-16-6-4-3-5-7-16/h3-10,12H,13,20H2,1-2H3. The molecule has 0 aliphatic heterocycles. The topological polar surface area (TPSA) is 30.9 Å². The molecule has 1 radical (unpaired) electrons. The van der Waals surface area contributed by atoms with Crippen molar-refractivity contribution in [1.29, 1.82) is 0 Å². The fraction of sp³-hybridized carbons (Fsp3) is 0.158. The van der Waals surface area contributed by atoms with Gasteiger partial charge in [0.05, 0.1) is 11.4 Å². The lowest BCUT2D eigenvalue weighted by atomic mass is 10.2. The molecule has 0 bridgehead atoms.